The van der Waals surface area contributed by atoms with Crippen molar-refractivity contribution < 1.29 is 0 Å². The molecule has 162 valence electrons. The third kappa shape index (κ3) is 5.94. The van der Waals surface area contributed by atoms with E-state index in [2.05, 4.69) is 115 Å². The smallest absolute Gasteiger partial charge is 0.0818 e. The molecule has 0 radical (unpaired) electrons. The first-order valence-electron chi connectivity index (χ1n) is 11.5. The van der Waals surface area contributed by atoms with Crippen molar-refractivity contribution >= 4 is 5.71 Å². The third-order valence-electron chi connectivity index (χ3n) is 6.11. The second-order valence-corrected chi connectivity index (χ2v) is 9.53. The summed E-state index contributed by atoms with van der Waals surface area (Å²) in [7, 11) is 0. The van der Waals surface area contributed by atoms with Crippen molar-refractivity contribution in [2.45, 2.75) is 66.8 Å². The third-order valence-corrected chi connectivity index (χ3v) is 6.11. The summed E-state index contributed by atoms with van der Waals surface area (Å²) >= 11 is 0. The lowest BCUT2D eigenvalue weighted by molar-refractivity contribution is 0.600. The van der Waals surface area contributed by atoms with Crippen LogP contribution < -0.4 is 0 Å². The minimum absolute atomic E-state index is 0.0801. The van der Waals surface area contributed by atoms with Crippen molar-refractivity contribution in [1.82, 2.24) is 0 Å². The molecule has 2 atom stereocenters. The van der Waals surface area contributed by atoms with Gasteiger partial charge in [-0.25, -0.2) is 0 Å². The van der Waals surface area contributed by atoms with E-state index in [9.17, 15) is 0 Å². The highest BCUT2D eigenvalue weighted by molar-refractivity contribution is 6.00. The molecule has 0 saturated heterocycles. The fourth-order valence-electron chi connectivity index (χ4n) is 4.25. The topological polar surface area (TPSA) is 12.4 Å². The van der Waals surface area contributed by atoms with Gasteiger partial charge >= 0.3 is 0 Å². The number of hydrogen-bond donors (Lipinski definition) is 0. The average molecular weight is 412 g/mol. The number of aryl methyl sites for hydroxylation is 3. The molecule has 0 aliphatic heterocycles. The maximum Gasteiger partial charge on any atom is 0.0818 e. The molecule has 0 N–H and O–H groups in total. The molecule has 2 unspecified atom stereocenters. The molecule has 0 saturated carbocycles. The summed E-state index contributed by atoms with van der Waals surface area (Å²) in [5.74, 6) is 0.907. The predicted molar refractivity (Wildman–Crippen MR) is 135 cm³/mol. The lowest BCUT2D eigenvalue weighted by Crippen LogP contribution is -2.11. The first-order valence-corrected chi connectivity index (χ1v) is 11.5. The zero-order valence-electron chi connectivity index (χ0n) is 20.2. The van der Waals surface area contributed by atoms with Gasteiger partial charge in [0.1, 0.15) is 0 Å². The summed E-state index contributed by atoms with van der Waals surface area (Å²) in [4.78, 5) is 5.36. The molecule has 1 nitrogen and oxygen atoms in total. The number of rotatable bonds is 7. The summed E-state index contributed by atoms with van der Waals surface area (Å²) in [6, 6.07) is 24.7. The highest BCUT2D eigenvalue weighted by atomic mass is 14.8. The van der Waals surface area contributed by atoms with Crippen LogP contribution in [0.25, 0.3) is 0 Å². The van der Waals surface area contributed by atoms with E-state index >= 15 is 0 Å². The van der Waals surface area contributed by atoms with Crippen molar-refractivity contribution in [1.29, 1.82) is 0 Å². The van der Waals surface area contributed by atoms with Gasteiger partial charge in [-0.15, -0.1) is 0 Å². The van der Waals surface area contributed by atoms with E-state index in [4.69, 9.17) is 4.99 Å². The molecule has 3 rings (SSSR count). The van der Waals surface area contributed by atoms with Crippen molar-refractivity contribution in [3.63, 3.8) is 0 Å². The molecule has 0 fully saturated rings. The summed E-state index contributed by atoms with van der Waals surface area (Å²) < 4.78 is 0. The van der Waals surface area contributed by atoms with E-state index in [1.165, 1.54) is 38.9 Å². The van der Waals surface area contributed by atoms with E-state index in [1.54, 1.807) is 0 Å². The summed E-state index contributed by atoms with van der Waals surface area (Å²) in [6.07, 6.45) is 1.08. The van der Waals surface area contributed by atoms with Crippen molar-refractivity contribution in [2.24, 2.45) is 10.9 Å². The molecule has 0 aliphatic rings. The molecule has 0 aliphatic carbocycles. The highest BCUT2D eigenvalue weighted by Crippen LogP contribution is 2.35. The van der Waals surface area contributed by atoms with Gasteiger partial charge in [0.25, 0.3) is 0 Å². The van der Waals surface area contributed by atoms with Gasteiger partial charge < -0.3 is 0 Å². The predicted octanol–water partition coefficient (Wildman–Crippen LogP) is 8.16. The Morgan fingerprint density at radius 3 is 1.77 bits per heavy atom. The van der Waals surface area contributed by atoms with E-state index < -0.39 is 0 Å². The minimum atomic E-state index is 0.0801. The molecule has 3 aromatic rings. The maximum absolute atomic E-state index is 5.36. The molecule has 0 amide bonds. The SMILES string of the molecule is CC(=NC(c1ccc(C)cc1)C(C)c1ccc(C)cc1)c1ccc(C)cc1CC(C)C. The number of nitrogens with zero attached hydrogens (tertiary/aromatic N) is 1. The van der Waals surface area contributed by atoms with Gasteiger partial charge in [-0.2, -0.15) is 0 Å². The summed E-state index contributed by atoms with van der Waals surface area (Å²) in [6.45, 7) is 15.5. The van der Waals surface area contributed by atoms with E-state index in [1.807, 2.05) is 0 Å². The molecule has 0 aromatic heterocycles. The quantitative estimate of drug-likeness (QED) is 0.348. The van der Waals surface area contributed by atoms with Gasteiger partial charge in [0.15, 0.2) is 0 Å². The van der Waals surface area contributed by atoms with Crippen LogP contribution in [0.3, 0.4) is 0 Å². The summed E-state index contributed by atoms with van der Waals surface area (Å²) in [5.41, 5.74) is 10.3. The zero-order chi connectivity index (χ0) is 22.5. The molecule has 0 bridgehead atoms. The summed E-state index contributed by atoms with van der Waals surface area (Å²) in [5, 5.41) is 0. The number of hydrogen-bond acceptors (Lipinski definition) is 1. The molecule has 1 heteroatoms. The Bertz CT molecular complexity index is 1020. The highest BCUT2D eigenvalue weighted by Gasteiger charge is 2.21. The number of aliphatic imine (C=N–C) groups is 1. The molecular weight excluding hydrogens is 374 g/mol. The Labute approximate surface area is 189 Å². The first-order chi connectivity index (χ1) is 14.7. The van der Waals surface area contributed by atoms with Crippen molar-refractivity contribution in [2.75, 3.05) is 0 Å². The van der Waals surface area contributed by atoms with Crippen LogP contribution in [0.4, 0.5) is 0 Å². The first kappa shape index (κ1) is 23.0. The van der Waals surface area contributed by atoms with Crippen LogP contribution in [0.1, 0.15) is 78.6 Å². The molecular formula is C30H37N. The second-order valence-electron chi connectivity index (χ2n) is 9.53. The van der Waals surface area contributed by atoms with Crippen LogP contribution >= 0.6 is 0 Å². The Kier molecular flexibility index (Phi) is 7.49. The molecule has 31 heavy (non-hydrogen) atoms. The minimum Gasteiger partial charge on any atom is -0.281 e. The van der Waals surface area contributed by atoms with Gasteiger partial charge in [-0.05, 0) is 62.3 Å². The van der Waals surface area contributed by atoms with Crippen LogP contribution in [0.15, 0.2) is 71.7 Å². The largest absolute Gasteiger partial charge is 0.281 e. The lowest BCUT2D eigenvalue weighted by Gasteiger charge is -2.23. The van der Waals surface area contributed by atoms with Gasteiger partial charge in [-0.1, -0.05) is 104 Å². The molecule has 3 aromatic carbocycles. The van der Waals surface area contributed by atoms with Crippen molar-refractivity contribution in [3.8, 4) is 0 Å². The van der Waals surface area contributed by atoms with Crippen LogP contribution in [-0.2, 0) is 6.42 Å². The maximum atomic E-state index is 5.36. The Balaban J connectivity index is 2.06. The van der Waals surface area contributed by atoms with Crippen molar-refractivity contribution in [3.05, 3.63) is 106 Å². The van der Waals surface area contributed by atoms with Crippen LogP contribution in [0, 0.1) is 26.7 Å². The normalized spacial score (nSPS) is 14.0. The number of benzene rings is 3. The second kappa shape index (κ2) is 10.1. The zero-order valence-corrected chi connectivity index (χ0v) is 20.2. The monoisotopic (exact) mass is 411 g/mol. The lowest BCUT2D eigenvalue weighted by atomic mass is 9.87. The standard InChI is InChI=1S/C30H37N/c1-20(2)18-28-19-23(5)12-17-29(28)25(7)31-30(27-15-10-22(4)11-16-27)24(6)26-13-8-21(3)9-14-26/h8-17,19-20,24,30H,18H2,1-7H3. The van der Waals surface area contributed by atoms with Crippen LogP contribution in [0.2, 0.25) is 0 Å². The average Bonchev–Trinajstić information content (AvgIpc) is 2.72. The molecule has 0 heterocycles. The van der Waals surface area contributed by atoms with Gasteiger partial charge in [0, 0.05) is 11.6 Å². The van der Waals surface area contributed by atoms with E-state index in [0.29, 0.717) is 5.92 Å². The van der Waals surface area contributed by atoms with E-state index in [0.717, 1.165) is 12.1 Å². The van der Waals surface area contributed by atoms with Crippen LogP contribution in [-0.4, -0.2) is 5.71 Å². The Morgan fingerprint density at radius 2 is 1.23 bits per heavy atom. The van der Waals surface area contributed by atoms with Gasteiger partial charge in [0.05, 0.1) is 6.04 Å². The van der Waals surface area contributed by atoms with E-state index in [-0.39, 0.29) is 12.0 Å². The van der Waals surface area contributed by atoms with Gasteiger partial charge in [-0.3, -0.25) is 4.99 Å². The Morgan fingerprint density at radius 1 is 0.710 bits per heavy atom. The molecule has 0 spiro atoms. The van der Waals surface area contributed by atoms with Crippen LogP contribution in [0.5, 0.6) is 0 Å². The van der Waals surface area contributed by atoms with Gasteiger partial charge in [0.2, 0.25) is 0 Å². The fraction of sp³-hybridized carbons (Fsp3) is 0.367. The fourth-order valence-corrected chi connectivity index (χ4v) is 4.25. The Hall–Kier alpha value is -2.67.